The highest BCUT2D eigenvalue weighted by molar-refractivity contribution is 7.90. The molecular formula is C14H15NO8S. The van der Waals surface area contributed by atoms with E-state index in [1.54, 1.807) is 0 Å². The van der Waals surface area contributed by atoms with Gasteiger partial charge in [-0.2, -0.15) is 0 Å². The number of carboxylic acid groups (broad SMARTS) is 1. The van der Waals surface area contributed by atoms with Gasteiger partial charge in [0.2, 0.25) is 0 Å². The van der Waals surface area contributed by atoms with E-state index in [-0.39, 0.29) is 21.8 Å². The number of hydrogen-bond acceptors (Lipinski definition) is 8. The van der Waals surface area contributed by atoms with Crippen molar-refractivity contribution in [3.63, 3.8) is 0 Å². The topological polar surface area (TPSA) is 136 Å². The molecule has 0 saturated carbocycles. The summed E-state index contributed by atoms with van der Waals surface area (Å²) in [6.45, 7) is 0. The highest BCUT2D eigenvalue weighted by atomic mass is 32.2. The van der Waals surface area contributed by atoms with Gasteiger partial charge in [0.1, 0.15) is 5.70 Å². The van der Waals surface area contributed by atoms with Crippen molar-refractivity contribution < 1.29 is 37.4 Å². The first-order valence-electron chi connectivity index (χ1n) is 6.32. The van der Waals surface area contributed by atoms with Crippen LogP contribution in [0.1, 0.15) is 10.4 Å². The molecule has 0 aromatic heterocycles. The van der Waals surface area contributed by atoms with Crippen LogP contribution >= 0.6 is 0 Å². The van der Waals surface area contributed by atoms with E-state index in [2.05, 4.69) is 14.8 Å². The van der Waals surface area contributed by atoms with Gasteiger partial charge in [0.05, 0.1) is 30.8 Å². The number of benzene rings is 1. The SMILES string of the molecule is COC(=O)/C=C(/Nc1cc(C(=O)O)cc(S(C)(=O)=O)c1)C(=O)OC. The molecule has 0 amide bonds. The fraction of sp³-hybridized carbons (Fsp3) is 0.214. The van der Waals surface area contributed by atoms with Crippen molar-refractivity contribution in [3.8, 4) is 0 Å². The number of sulfone groups is 1. The number of rotatable bonds is 6. The van der Waals surface area contributed by atoms with Crippen molar-refractivity contribution in [1.82, 2.24) is 0 Å². The number of anilines is 1. The predicted molar refractivity (Wildman–Crippen MR) is 82.2 cm³/mol. The fourth-order valence-corrected chi connectivity index (χ4v) is 2.28. The van der Waals surface area contributed by atoms with Crippen LogP contribution < -0.4 is 5.32 Å². The summed E-state index contributed by atoms with van der Waals surface area (Å²) in [5, 5.41) is 11.5. The molecule has 0 saturated heterocycles. The van der Waals surface area contributed by atoms with Gasteiger partial charge in [-0.3, -0.25) is 0 Å². The van der Waals surface area contributed by atoms with Gasteiger partial charge in [-0.1, -0.05) is 0 Å². The third-order valence-corrected chi connectivity index (χ3v) is 3.82. The van der Waals surface area contributed by atoms with E-state index in [0.717, 1.165) is 44.8 Å². The van der Waals surface area contributed by atoms with E-state index in [1.807, 2.05) is 0 Å². The molecule has 24 heavy (non-hydrogen) atoms. The van der Waals surface area contributed by atoms with Crippen LogP contribution in [0.3, 0.4) is 0 Å². The third-order valence-electron chi connectivity index (χ3n) is 2.73. The standard InChI is InChI=1S/C14H15NO8S/c1-22-12(16)7-11(14(19)23-2)15-9-4-8(13(17)18)5-10(6-9)24(3,20)21/h4-7,15H,1-3H3,(H,17,18)/b11-7+. The predicted octanol–water partition coefficient (Wildman–Crippen LogP) is 0.430. The molecule has 1 aromatic rings. The number of methoxy groups -OCH3 is 2. The maximum absolute atomic E-state index is 11.7. The summed E-state index contributed by atoms with van der Waals surface area (Å²) in [5.41, 5.74) is -0.704. The van der Waals surface area contributed by atoms with E-state index in [0.29, 0.717) is 0 Å². The Morgan fingerprint density at radius 1 is 1.12 bits per heavy atom. The van der Waals surface area contributed by atoms with Crippen LogP contribution in [-0.4, -0.2) is 51.9 Å². The summed E-state index contributed by atoms with van der Waals surface area (Å²) in [5.74, 6) is -3.15. The van der Waals surface area contributed by atoms with Crippen molar-refractivity contribution >= 4 is 33.4 Å². The summed E-state index contributed by atoms with van der Waals surface area (Å²) < 4.78 is 32.2. The van der Waals surface area contributed by atoms with E-state index in [1.165, 1.54) is 0 Å². The van der Waals surface area contributed by atoms with Gasteiger partial charge in [0.25, 0.3) is 0 Å². The van der Waals surface area contributed by atoms with Gasteiger partial charge >= 0.3 is 17.9 Å². The molecule has 2 N–H and O–H groups in total. The van der Waals surface area contributed by atoms with Crippen molar-refractivity contribution in [1.29, 1.82) is 0 Å². The molecule has 0 atom stereocenters. The molecule has 0 spiro atoms. The third kappa shape index (κ3) is 5.09. The van der Waals surface area contributed by atoms with E-state index in [4.69, 9.17) is 5.11 Å². The summed E-state index contributed by atoms with van der Waals surface area (Å²) >= 11 is 0. The molecule has 0 bridgehead atoms. The van der Waals surface area contributed by atoms with Crippen LogP contribution in [0, 0.1) is 0 Å². The van der Waals surface area contributed by atoms with Crippen LogP contribution in [0.4, 0.5) is 5.69 Å². The Balaban J connectivity index is 3.40. The Labute approximate surface area is 137 Å². The molecule has 0 aliphatic carbocycles. The normalized spacial score (nSPS) is 11.5. The number of hydrogen-bond donors (Lipinski definition) is 2. The molecule has 130 valence electrons. The molecule has 0 heterocycles. The number of aromatic carboxylic acids is 1. The molecule has 0 radical (unpaired) electrons. The number of nitrogens with one attached hydrogen (secondary N) is 1. The zero-order valence-electron chi connectivity index (χ0n) is 13.0. The highest BCUT2D eigenvalue weighted by Crippen LogP contribution is 2.21. The van der Waals surface area contributed by atoms with Gasteiger partial charge in [0.15, 0.2) is 9.84 Å². The second-order valence-electron chi connectivity index (χ2n) is 4.52. The molecule has 9 nitrogen and oxygen atoms in total. The van der Waals surface area contributed by atoms with Crippen molar-refractivity contribution in [2.45, 2.75) is 4.90 Å². The molecule has 0 aliphatic rings. The van der Waals surface area contributed by atoms with Crippen LogP contribution in [0.2, 0.25) is 0 Å². The molecule has 10 heteroatoms. The minimum absolute atomic E-state index is 0.0316. The zero-order valence-corrected chi connectivity index (χ0v) is 13.8. The molecule has 0 aliphatic heterocycles. The average molecular weight is 357 g/mol. The Morgan fingerprint density at radius 2 is 1.75 bits per heavy atom. The van der Waals surface area contributed by atoms with Crippen molar-refractivity contribution in [2.75, 3.05) is 25.8 Å². The monoisotopic (exact) mass is 357 g/mol. The zero-order chi connectivity index (χ0) is 18.5. The van der Waals surface area contributed by atoms with Crippen LogP contribution in [0.25, 0.3) is 0 Å². The second-order valence-corrected chi connectivity index (χ2v) is 6.54. The average Bonchev–Trinajstić information content (AvgIpc) is 2.52. The summed E-state index contributed by atoms with van der Waals surface area (Å²) in [6, 6.07) is 3.20. The first-order valence-corrected chi connectivity index (χ1v) is 8.21. The van der Waals surface area contributed by atoms with Gasteiger partial charge in [-0.15, -0.1) is 0 Å². The molecule has 0 unspecified atom stereocenters. The smallest absolute Gasteiger partial charge is 0.354 e. The van der Waals surface area contributed by atoms with Crippen LogP contribution in [-0.2, 0) is 28.9 Å². The lowest BCUT2D eigenvalue weighted by Crippen LogP contribution is -2.16. The van der Waals surface area contributed by atoms with Crippen molar-refractivity contribution in [3.05, 3.63) is 35.5 Å². The Morgan fingerprint density at radius 3 is 2.21 bits per heavy atom. The number of ether oxygens (including phenoxy) is 2. The minimum atomic E-state index is -3.70. The number of carbonyl (C=O) groups excluding carboxylic acids is 2. The number of esters is 2. The first-order chi connectivity index (χ1) is 11.1. The lowest BCUT2D eigenvalue weighted by atomic mass is 10.2. The molecule has 1 aromatic carbocycles. The van der Waals surface area contributed by atoms with Crippen molar-refractivity contribution in [2.24, 2.45) is 0 Å². The number of carboxylic acids is 1. The maximum Gasteiger partial charge on any atom is 0.354 e. The lowest BCUT2D eigenvalue weighted by Gasteiger charge is -2.11. The lowest BCUT2D eigenvalue weighted by molar-refractivity contribution is -0.138. The van der Waals surface area contributed by atoms with Crippen LogP contribution in [0.15, 0.2) is 34.9 Å². The van der Waals surface area contributed by atoms with Gasteiger partial charge in [-0.25, -0.2) is 22.8 Å². The van der Waals surface area contributed by atoms with E-state index < -0.39 is 27.7 Å². The maximum atomic E-state index is 11.7. The minimum Gasteiger partial charge on any atom is -0.478 e. The Hall–Kier alpha value is -2.88. The summed E-state index contributed by atoms with van der Waals surface area (Å²) in [4.78, 5) is 33.8. The fourth-order valence-electron chi connectivity index (χ4n) is 1.60. The Kier molecular flexibility index (Phi) is 6.07. The molecule has 1 rings (SSSR count). The Bertz CT molecular complexity index is 810. The van der Waals surface area contributed by atoms with E-state index >= 15 is 0 Å². The molecule has 0 fully saturated rings. The summed E-state index contributed by atoms with van der Waals surface area (Å²) in [7, 11) is -1.53. The largest absolute Gasteiger partial charge is 0.478 e. The van der Waals surface area contributed by atoms with Crippen LogP contribution in [0.5, 0.6) is 0 Å². The summed E-state index contributed by atoms with van der Waals surface area (Å²) in [6.07, 6.45) is 1.70. The quantitative estimate of drug-likeness (QED) is 0.548. The van der Waals surface area contributed by atoms with Gasteiger partial charge < -0.3 is 19.9 Å². The first kappa shape index (κ1) is 19.2. The van der Waals surface area contributed by atoms with Gasteiger partial charge in [-0.05, 0) is 18.2 Å². The second kappa shape index (κ2) is 7.59. The molecular weight excluding hydrogens is 342 g/mol. The van der Waals surface area contributed by atoms with E-state index in [9.17, 15) is 22.8 Å². The van der Waals surface area contributed by atoms with Gasteiger partial charge in [0, 0.05) is 11.9 Å². The highest BCUT2D eigenvalue weighted by Gasteiger charge is 2.17. The number of carbonyl (C=O) groups is 3.